The third-order valence-corrected chi connectivity index (χ3v) is 3.79. The maximum atomic E-state index is 12.3. The van der Waals surface area contributed by atoms with Crippen LogP contribution in [-0.4, -0.2) is 46.9 Å². The molecule has 2 N–H and O–H groups in total. The van der Waals surface area contributed by atoms with Gasteiger partial charge in [-0.05, 0) is 26.7 Å². The predicted octanol–water partition coefficient (Wildman–Crippen LogP) is 0.720. The zero-order chi connectivity index (χ0) is 14.0. The van der Waals surface area contributed by atoms with Gasteiger partial charge >= 0.3 is 0 Å². The van der Waals surface area contributed by atoms with Crippen molar-refractivity contribution in [1.29, 1.82) is 0 Å². The summed E-state index contributed by atoms with van der Waals surface area (Å²) in [6, 6.07) is 0. The molecule has 0 aromatic carbocycles. The number of nitrogen functional groups attached to an aromatic ring is 1. The number of aromatic nitrogens is 2. The van der Waals surface area contributed by atoms with E-state index in [0.29, 0.717) is 12.2 Å². The topological polar surface area (TPSA) is 73.4 Å². The zero-order valence-electron chi connectivity index (χ0n) is 11.8. The Bertz CT molecular complexity index is 469. The third-order valence-electron chi connectivity index (χ3n) is 3.79. The molecule has 2 rings (SSSR count). The molecular weight excluding hydrogens is 244 g/mol. The number of carbonyl (C=O) groups excluding carboxylic acids is 1. The lowest BCUT2D eigenvalue weighted by molar-refractivity contribution is -0.135. The second-order valence-corrected chi connectivity index (χ2v) is 5.08. The van der Waals surface area contributed by atoms with Gasteiger partial charge in [-0.25, -0.2) is 0 Å². The average molecular weight is 266 g/mol. The van der Waals surface area contributed by atoms with Crippen molar-refractivity contribution in [3.05, 3.63) is 11.4 Å². The highest BCUT2D eigenvalue weighted by atomic mass is 16.5. The summed E-state index contributed by atoms with van der Waals surface area (Å²) in [6.07, 6.45) is 2.17. The minimum absolute atomic E-state index is 0.0763. The summed E-state index contributed by atoms with van der Waals surface area (Å²) in [5.74, 6) is 0.0763. The Morgan fingerprint density at radius 3 is 2.84 bits per heavy atom. The molecule has 1 unspecified atom stereocenters. The van der Waals surface area contributed by atoms with Crippen LogP contribution in [-0.2, 0) is 16.1 Å². The lowest BCUT2D eigenvalue weighted by atomic mass is 10.1. The Hall–Kier alpha value is -1.56. The number of hydrogen-bond acceptors (Lipinski definition) is 4. The molecule has 1 aromatic rings. The Balaban J connectivity index is 2.02. The molecule has 0 spiro atoms. The van der Waals surface area contributed by atoms with Crippen molar-refractivity contribution < 1.29 is 9.53 Å². The van der Waals surface area contributed by atoms with E-state index >= 15 is 0 Å². The van der Waals surface area contributed by atoms with Crippen LogP contribution in [0.25, 0.3) is 0 Å². The van der Waals surface area contributed by atoms with Gasteiger partial charge in [0.2, 0.25) is 5.91 Å². The Kier molecular flexibility index (Phi) is 4.09. The number of aryl methyl sites for hydroxylation is 1. The van der Waals surface area contributed by atoms with Crippen LogP contribution in [0.2, 0.25) is 0 Å². The van der Waals surface area contributed by atoms with Gasteiger partial charge in [0, 0.05) is 20.2 Å². The number of amides is 1. The molecule has 106 valence electrons. The van der Waals surface area contributed by atoms with Crippen LogP contribution in [0.4, 0.5) is 5.69 Å². The molecule has 0 aliphatic carbocycles. The number of methoxy groups -OCH3 is 1. The normalized spacial score (nSPS) is 19.7. The lowest BCUT2D eigenvalue weighted by Crippen LogP contribution is -2.44. The summed E-state index contributed by atoms with van der Waals surface area (Å²) in [5.41, 5.74) is 8.17. The van der Waals surface area contributed by atoms with Crippen LogP contribution in [0, 0.1) is 13.8 Å². The standard InChI is InChI=1S/C13H22N4O2/c1-9-13(14)10(2)17(15-9)8-12(18)16-6-4-5-11(7-16)19-3/h11H,4-8,14H2,1-3H3. The van der Waals surface area contributed by atoms with E-state index < -0.39 is 0 Å². The molecule has 1 atom stereocenters. The summed E-state index contributed by atoms with van der Waals surface area (Å²) < 4.78 is 7.02. The maximum absolute atomic E-state index is 12.3. The van der Waals surface area contributed by atoms with E-state index in [0.717, 1.165) is 30.8 Å². The number of rotatable bonds is 3. The number of ether oxygens (including phenoxy) is 1. The van der Waals surface area contributed by atoms with Crippen molar-refractivity contribution in [2.24, 2.45) is 0 Å². The first-order valence-corrected chi connectivity index (χ1v) is 6.63. The molecule has 1 aliphatic heterocycles. The van der Waals surface area contributed by atoms with Crippen LogP contribution in [0.3, 0.4) is 0 Å². The van der Waals surface area contributed by atoms with Gasteiger partial charge in [0.05, 0.1) is 23.2 Å². The van der Waals surface area contributed by atoms with Crippen LogP contribution >= 0.6 is 0 Å². The Labute approximate surface area is 113 Å². The Morgan fingerprint density at radius 2 is 2.26 bits per heavy atom. The first-order chi connectivity index (χ1) is 9.02. The monoisotopic (exact) mass is 266 g/mol. The molecule has 6 nitrogen and oxygen atoms in total. The lowest BCUT2D eigenvalue weighted by Gasteiger charge is -2.32. The maximum Gasteiger partial charge on any atom is 0.244 e. The van der Waals surface area contributed by atoms with E-state index in [4.69, 9.17) is 10.5 Å². The van der Waals surface area contributed by atoms with Crippen LogP contribution in [0.5, 0.6) is 0 Å². The summed E-state index contributed by atoms with van der Waals surface area (Å²) in [6.45, 7) is 5.46. The summed E-state index contributed by atoms with van der Waals surface area (Å²) in [4.78, 5) is 14.1. The fourth-order valence-electron chi connectivity index (χ4n) is 2.45. The molecule has 0 saturated carbocycles. The van der Waals surface area contributed by atoms with Gasteiger partial charge in [-0.1, -0.05) is 0 Å². The number of anilines is 1. The second kappa shape index (κ2) is 5.61. The van der Waals surface area contributed by atoms with Crippen LogP contribution < -0.4 is 5.73 Å². The quantitative estimate of drug-likeness (QED) is 0.875. The molecule has 1 aliphatic rings. The molecule has 6 heteroatoms. The summed E-state index contributed by atoms with van der Waals surface area (Å²) in [5, 5.41) is 4.30. The number of likely N-dealkylation sites (tertiary alicyclic amines) is 1. The van der Waals surface area contributed by atoms with E-state index in [1.807, 2.05) is 18.7 Å². The van der Waals surface area contributed by atoms with Crippen molar-refractivity contribution >= 4 is 11.6 Å². The smallest absolute Gasteiger partial charge is 0.244 e. The molecule has 2 heterocycles. The molecule has 0 radical (unpaired) electrons. The van der Waals surface area contributed by atoms with Crippen molar-refractivity contribution in [2.45, 2.75) is 39.3 Å². The summed E-state index contributed by atoms with van der Waals surface area (Å²) >= 11 is 0. The SMILES string of the molecule is COC1CCCN(C(=O)Cn2nc(C)c(N)c2C)C1. The van der Waals surface area contributed by atoms with E-state index in [9.17, 15) is 4.79 Å². The highest BCUT2D eigenvalue weighted by Gasteiger charge is 2.24. The number of piperidine rings is 1. The number of nitrogens with two attached hydrogens (primary N) is 1. The molecule has 0 bridgehead atoms. The Morgan fingerprint density at radius 1 is 1.53 bits per heavy atom. The number of carbonyl (C=O) groups is 1. The molecule has 1 aromatic heterocycles. The minimum atomic E-state index is 0.0763. The first-order valence-electron chi connectivity index (χ1n) is 6.63. The first kappa shape index (κ1) is 13.9. The van der Waals surface area contributed by atoms with Gasteiger partial charge in [-0.2, -0.15) is 5.10 Å². The average Bonchev–Trinajstić information content (AvgIpc) is 2.66. The van der Waals surface area contributed by atoms with Gasteiger partial charge in [0.1, 0.15) is 6.54 Å². The molecular formula is C13H22N4O2. The van der Waals surface area contributed by atoms with E-state index in [1.165, 1.54) is 0 Å². The second-order valence-electron chi connectivity index (χ2n) is 5.08. The van der Waals surface area contributed by atoms with Gasteiger partial charge in [0.15, 0.2) is 0 Å². The number of hydrogen-bond donors (Lipinski definition) is 1. The van der Waals surface area contributed by atoms with Crippen molar-refractivity contribution in [3.8, 4) is 0 Å². The highest BCUT2D eigenvalue weighted by Crippen LogP contribution is 2.16. The van der Waals surface area contributed by atoms with Crippen LogP contribution in [0.1, 0.15) is 24.2 Å². The van der Waals surface area contributed by atoms with E-state index in [-0.39, 0.29) is 18.6 Å². The predicted molar refractivity (Wildman–Crippen MR) is 72.7 cm³/mol. The fourth-order valence-corrected chi connectivity index (χ4v) is 2.45. The van der Waals surface area contributed by atoms with Gasteiger partial charge in [-0.15, -0.1) is 0 Å². The van der Waals surface area contributed by atoms with Gasteiger partial charge in [0.25, 0.3) is 0 Å². The number of nitrogens with zero attached hydrogens (tertiary/aromatic N) is 3. The van der Waals surface area contributed by atoms with E-state index in [2.05, 4.69) is 5.10 Å². The molecule has 19 heavy (non-hydrogen) atoms. The molecule has 1 amide bonds. The zero-order valence-corrected chi connectivity index (χ0v) is 11.8. The van der Waals surface area contributed by atoms with Gasteiger partial charge < -0.3 is 15.4 Å². The fraction of sp³-hybridized carbons (Fsp3) is 0.692. The molecule has 1 fully saturated rings. The summed E-state index contributed by atoms with van der Waals surface area (Å²) in [7, 11) is 1.69. The highest BCUT2D eigenvalue weighted by molar-refractivity contribution is 5.76. The largest absolute Gasteiger partial charge is 0.396 e. The van der Waals surface area contributed by atoms with Gasteiger partial charge in [-0.3, -0.25) is 9.48 Å². The minimum Gasteiger partial charge on any atom is -0.396 e. The van der Waals surface area contributed by atoms with Crippen molar-refractivity contribution in [2.75, 3.05) is 25.9 Å². The van der Waals surface area contributed by atoms with Crippen molar-refractivity contribution in [3.63, 3.8) is 0 Å². The third kappa shape index (κ3) is 2.89. The van der Waals surface area contributed by atoms with E-state index in [1.54, 1.807) is 11.8 Å². The molecule has 1 saturated heterocycles. The van der Waals surface area contributed by atoms with Crippen molar-refractivity contribution in [1.82, 2.24) is 14.7 Å². The van der Waals surface area contributed by atoms with Crippen LogP contribution in [0.15, 0.2) is 0 Å².